The van der Waals surface area contributed by atoms with Crippen LogP contribution in [0, 0.1) is 5.92 Å². The van der Waals surface area contributed by atoms with Crippen LogP contribution in [0.3, 0.4) is 0 Å². The molecule has 1 saturated heterocycles. The predicted molar refractivity (Wildman–Crippen MR) is 124 cm³/mol. The largest absolute Gasteiger partial charge is 0.495 e. The lowest BCUT2D eigenvalue weighted by atomic mass is 10.0. The Morgan fingerprint density at radius 2 is 1.85 bits per heavy atom. The fourth-order valence-corrected chi connectivity index (χ4v) is 5.50. The van der Waals surface area contributed by atoms with Gasteiger partial charge in [0, 0.05) is 36.6 Å². The van der Waals surface area contributed by atoms with Crippen molar-refractivity contribution in [3.63, 3.8) is 0 Å². The molecule has 1 atom stereocenters. The molecule has 4 rings (SSSR count). The van der Waals surface area contributed by atoms with Gasteiger partial charge < -0.3 is 14.6 Å². The minimum absolute atomic E-state index is 0.0246. The van der Waals surface area contributed by atoms with E-state index >= 15 is 0 Å². The van der Waals surface area contributed by atoms with Crippen LogP contribution in [-0.4, -0.2) is 54.0 Å². The van der Waals surface area contributed by atoms with Crippen LogP contribution >= 0.6 is 0 Å². The highest BCUT2D eigenvalue weighted by atomic mass is 32.2. The summed E-state index contributed by atoms with van der Waals surface area (Å²) in [7, 11) is -2.37. The number of amides is 1. The van der Waals surface area contributed by atoms with E-state index in [1.54, 1.807) is 24.5 Å². The van der Waals surface area contributed by atoms with Crippen molar-refractivity contribution in [3.05, 3.63) is 54.2 Å². The second-order valence-electron chi connectivity index (χ2n) is 8.36. The number of ether oxygens (including phenoxy) is 1. The maximum absolute atomic E-state index is 13.2. The van der Waals surface area contributed by atoms with E-state index in [1.165, 1.54) is 29.6 Å². The lowest BCUT2D eigenvalue weighted by Gasteiger charge is -2.20. The SMILES string of the molecule is COc1ccc(C(=O)NC(c2nc(-c3ccncc3)no2)C(C)C)cc1S(=O)(=O)N1CCCC1. The molecule has 3 heterocycles. The van der Waals surface area contributed by atoms with Gasteiger partial charge in [0.05, 0.1) is 7.11 Å². The molecule has 10 nitrogen and oxygen atoms in total. The quantitative estimate of drug-likeness (QED) is 0.516. The number of methoxy groups -OCH3 is 1. The van der Waals surface area contributed by atoms with E-state index in [2.05, 4.69) is 20.4 Å². The lowest BCUT2D eigenvalue weighted by Crippen LogP contribution is -2.32. The highest BCUT2D eigenvalue weighted by molar-refractivity contribution is 7.89. The average Bonchev–Trinajstić information content (AvgIpc) is 3.55. The molecular formula is C23H27N5O5S. The molecular weight excluding hydrogens is 458 g/mol. The summed E-state index contributed by atoms with van der Waals surface area (Å²) in [5.41, 5.74) is 0.934. The van der Waals surface area contributed by atoms with Gasteiger partial charge in [-0.15, -0.1) is 0 Å². The van der Waals surface area contributed by atoms with Gasteiger partial charge in [-0.2, -0.15) is 9.29 Å². The summed E-state index contributed by atoms with van der Waals surface area (Å²) in [5.74, 6) is 0.320. The molecule has 1 amide bonds. The van der Waals surface area contributed by atoms with Crippen LogP contribution in [0.4, 0.5) is 0 Å². The summed E-state index contributed by atoms with van der Waals surface area (Å²) in [6.45, 7) is 4.74. The maximum atomic E-state index is 13.2. The first kappa shape index (κ1) is 23.8. The smallest absolute Gasteiger partial charge is 0.251 e. The topological polar surface area (TPSA) is 128 Å². The zero-order valence-electron chi connectivity index (χ0n) is 19.3. The van der Waals surface area contributed by atoms with Gasteiger partial charge in [0.2, 0.25) is 21.7 Å². The van der Waals surface area contributed by atoms with Gasteiger partial charge >= 0.3 is 0 Å². The van der Waals surface area contributed by atoms with Crippen molar-refractivity contribution >= 4 is 15.9 Å². The van der Waals surface area contributed by atoms with Crippen LogP contribution in [0.25, 0.3) is 11.4 Å². The number of carbonyl (C=O) groups excluding carboxylic acids is 1. The first-order valence-corrected chi connectivity index (χ1v) is 12.5. The first-order valence-electron chi connectivity index (χ1n) is 11.0. The molecule has 0 bridgehead atoms. The summed E-state index contributed by atoms with van der Waals surface area (Å²) in [4.78, 5) is 21.5. The first-order chi connectivity index (χ1) is 16.3. The summed E-state index contributed by atoms with van der Waals surface area (Å²) in [5, 5.41) is 6.92. The van der Waals surface area contributed by atoms with Crippen molar-refractivity contribution < 1.29 is 22.5 Å². The highest BCUT2D eigenvalue weighted by Gasteiger charge is 2.31. The Bertz CT molecular complexity index is 1250. The molecule has 2 aromatic heterocycles. The molecule has 1 aliphatic heterocycles. The molecule has 11 heteroatoms. The summed E-state index contributed by atoms with van der Waals surface area (Å²) in [6, 6.07) is 7.34. The number of hydrogen-bond donors (Lipinski definition) is 1. The summed E-state index contributed by atoms with van der Waals surface area (Å²) in [6.07, 6.45) is 4.88. The Morgan fingerprint density at radius 1 is 1.15 bits per heavy atom. The van der Waals surface area contributed by atoms with Crippen molar-refractivity contribution in [3.8, 4) is 17.1 Å². The Morgan fingerprint density at radius 3 is 2.50 bits per heavy atom. The van der Waals surface area contributed by atoms with Gasteiger partial charge in [-0.3, -0.25) is 9.78 Å². The molecule has 1 aromatic carbocycles. The van der Waals surface area contributed by atoms with E-state index in [0.717, 1.165) is 18.4 Å². The van der Waals surface area contributed by atoms with E-state index in [1.807, 2.05) is 13.8 Å². The monoisotopic (exact) mass is 485 g/mol. The normalized spacial score (nSPS) is 15.4. The highest BCUT2D eigenvalue weighted by Crippen LogP contribution is 2.30. The molecule has 1 fully saturated rings. The van der Waals surface area contributed by atoms with Crippen LogP contribution < -0.4 is 10.1 Å². The van der Waals surface area contributed by atoms with Crippen LogP contribution in [0.2, 0.25) is 0 Å². The second kappa shape index (κ2) is 9.90. The third kappa shape index (κ3) is 4.80. The predicted octanol–water partition coefficient (Wildman–Crippen LogP) is 3.05. The number of sulfonamides is 1. The van der Waals surface area contributed by atoms with E-state index < -0.39 is 22.0 Å². The second-order valence-corrected chi connectivity index (χ2v) is 10.3. The summed E-state index contributed by atoms with van der Waals surface area (Å²) >= 11 is 0. The van der Waals surface area contributed by atoms with Gasteiger partial charge in [-0.25, -0.2) is 8.42 Å². The van der Waals surface area contributed by atoms with Crippen molar-refractivity contribution in [2.24, 2.45) is 5.92 Å². The van der Waals surface area contributed by atoms with Crippen LogP contribution in [0.15, 0.2) is 52.1 Å². The molecule has 0 spiro atoms. The molecule has 3 aromatic rings. The third-order valence-electron chi connectivity index (χ3n) is 5.71. The third-order valence-corrected chi connectivity index (χ3v) is 7.63. The molecule has 34 heavy (non-hydrogen) atoms. The van der Waals surface area contributed by atoms with Crippen molar-refractivity contribution in [1.29, 1.82) is 0 Å². The molecule has 0 radical (unpaired) electrons. The average molecular weight is 486 g/mol. The Kier molecular flexibility index (Phi) is 6.94. The Hall–Kier alpha value is -3.31. The molecule has 1 aliphatic rings. The minimum Gasteiger partial charge on any atom is -0.495 e. The Labute approximate surface area is 198 Å². The van der Waals surface area contributed by atoms with Crippen molar-refractivity contribution in [2.75, 3.05) is 20.2 Å². The van der Waals surface area contributed by atoms with E-state index in [4.69, 9.17) is 9.26 Å². The van der Waals surface area contributed by atoms with Gasteiger partial charge in [0.15, 0.2) is 0 Å². The number of nitrogens with one attached hydrogen (secondary N) is 1. The fraction of sp³-hybridized carbons (Fsp3) is 0.391. The van der Waals surface area contributed by atoms with Crippen molar-refractivity contribution in [1.82, 2.24) is 24.7 Å². The minimum atomic E-state index is -3.78. The van der Waals surface area contributed by atoms with Gasteiger partial charge in [0.25, 0.3) is 5.91 Å². The van der Waals surface area contributed by atoms with E-state index in [9.17, 15) is 13.2 Å². The maximum Gasteiger partial charge on any atom is 0.251 e. The van der Waals surface area contributed by atoms with E-state index in [0.29, 0.717) is 18.9 Å². The molecule has 0 saturated carbocycles. The number of rotatable bonds is 8. The fourth-order valence-electron chi connectivity index (χ4n) is 3.80. The number of pyridine rings is 1. The number of aromatic nitrogens is 3. The summed E-state index contributed by atoms with van der Waals surface area (Å²) < 4.78 is 38.5. The van der Waals surface area contributed by atoms with Gasteiger partial charge in [-0.1, -0.05) is 19.0 Å². The van der Waals surface area contributed by atoms with Crippen LogP contribution in [-0.2, 0) is 10.0 Å². The van der Waals surface area contributed by atoms with Crippen molar-refractivity contribution in [2.45, 2.75) is 37.6 Å². The standard InChI is InChI=1S/C23H27N5O5S/c1-15(2)20(23-26-21(27-33-23)16-8-10-24-11-9-16)25-22(29)17-6-7-18(32-3)19(14-17)34(30,31)28-12-4-5-13-28/h6-11,14-15,20H,4-5,12-13H2,1-3H3,(H,25,29). The van der Waals surface area contributed by atoms with E-state index in [-0.39, 0.29) is 28.0 Å². The number of benzene rings is 1. The van der Waals surface area contributed by atoms with Gasteiger partial charge in [-0.05, 0) is 49.1 Å². The molecule has 1 unspecified atom stereocenters. The number of carbonyl (C=O) groups is 1. The van der Waals surface area contributed by atoms with Gasteiger partial charge in [0.1, 0.15) is 16.7 Å². The molecule has 1 N–H and O–H groups in total. The Balaban J connectivity index is 1.60. The van der Waals surface area contributed by atoms with Crippen LogP contribution in [0.1, 0.15) is 49.0 Å². The molecule has 0 aliphatic carbocycles. The molecule has 180 valence electrons. The number of nitrogens with zero attached hydrogens (tertiary/aromatic N) is 4. The zero-order chi connectivity index (χ0) is 24.3. The number of hydrogen-bond acceptors (Lipinski definition) is 8. The van der Waals surface area contributed by atoms with Crippen LogP contribution in [0.5, 0.6) is 5.75 Å². The zero-order valence-corrected chi connectivity index (χ0v) is 20.1. The lowest BCUT2D eigenvalue weighted by molar-refractivity contribution is 0.0913.